The summed E-state index contributed by atoms with van der Waals surface area (Å²) in [5.41, 5.74) is 1.84. The van der Waals surface area contributed by atoms with Gasteiger partial charge in [0.2, 0.25) is 11.7 Å². The van der Waals surface area contributed by atoms with Crippen LogP contribution in [0.1, 0.15) is 29.7 Å². The van der Waals surface area contributed by atoms with Crippen LogP contribution >= 0.6 is 0 Å². The number of methoxy groups -OCH3 is 1. The molecule has 3 aromatic rings. The molecule has 1 aliphatic heterocycles. The molecule has 0 aliphatic carbocycles. The highest BCUT2D eigenvalue weighted by atomic mass is 16.5. The van der Waals surface area contributed by atoms with Crippen molar-refractivity contribution in [3.05, 3.63) is 48.0 Å². The Hall–Kier alpha value is -2.91. The molecule has 1 saturated heterocycles. The molecule has 0 N–H and O–H groups in total. The first-order valence-corrected chi connectivity index (χ1v) is 9.11. The molecule has 0 amide bonds. The lowest BCUT2D eigenvalue weighted by Crippen LogP contribution is -2.20. The zero-order chi connectivity index (χ0) is 19.3. The van der Waals surface area contributed by atoms with Crippen molar-refractivity contribution in [3.63, 3.8) is 0 Å². The van der Waals surface area contributed by atoms with E-state index in [1.54, 1.807) is 19.5 Å². The third-order valence-electron chi connectivity index (χ3n) is 4.57. The number of nitrogens with zero attached hydrogens (tertiary/aromatic N) is 6. The summed E-state index contributed by atoms with van der Waals surface area (Å²) in [5, 5.41) is 4.05. The monoisotopic (exact) mass is 382 g/mol. The lowest BCUT2D eigenvalue weighted by Gasteiger charge is -2.19. The largest absolute Gasteiger partial charge is 0.381 e. The molecule has 9 nitrogen and oxygen atoms in total. The van der Waals surface area contributed by atoms with E-state index < -0.39 is 0 Å². The normalized spacial score (nSPS) is 16.4. The lowest BCUT2D eigenvalue weighted by molar-refractivity contribution is 0.177. The molecule has 1 fully saturated rings. The fourth-order valence-electron chi connectivity index (χ4n) is 3.09. The number of anilines is 1. The minimum absolute atomic E-state index is 0.285. The first kappa shape index (κ1) is 18.5. The Morgan fingerprint density at radius 1 is 1.21 bits per heavy atom. The predicted octanol–water partition coefficient (Wildman–Crippen LogP) is 2.21. The van der Waals surface area contributed by atoms with E-state index in [1.165, 1.54) is 0 Å². The van der Waals surface area contributed by atoms with E-state index in [0.717, 1.165) is 30.1 Å². The molecule has 9 heteroatoms. The van der Waals surface area contributed by atoms with Gasteiger partial charge in [-0.05, 0) is 18.6 Å². The van der Waals surface area contributed by atoms with Crippen molar-refractivity contribution >= 4 is 5.82 Å². The first-order chi connectivity index (χ1) is 13.7. The van der Waals surface area contributed by atoms with Gasteiger partial charge in [-0.2, -0.15) is 4.98 Å². The third kappa shape index (κ3) is 4.15. The number of aromatic nitrogens is 5. The van der Waals surface area contributed by atoms with Crippen LogP contribution < -0.4 is 4.90 Å². The Morgan fingerprint density at radius 2 is 2.07 bits per heavy atom. The van der Waals surface area contributed by atoms with E-state index >= 15 is 0 Å². The summed E-state index contributed by atoms with van der Waals surface area (Å²) < 4.78 is 16.1. The molecule has 0 saturated carbocycles. The van der Waals surface area contributed by atoms with Crippen LogP contribution in [0.25, 0.3) is 11.4 Å². The van der Waals surface area contributed by atoms with Gasteiger partial charge in [0.15, 0.2) is 5.82 Å². The molecule has 0 aromatic carbocycles. The van der Waals surface area contributed by atoms with E-state index in [9.17, 15) is 0 Å². The van der Waals surface area contributed by atoms with Gasteiger partial charge in [-0.25, -0.2) is 9.97 Å². The van der Waals surface area contributed by atoms with E-state index in [1.807, 2.05) is 30.1 Å². The van der Waals surface area contributed by atoms with E-state index in [4.69, 9.17) is 14.0 Å². The van der Waals surface area contributed by atoms with Gasteiger partial charge >= 0.3 is 0 Å². The maximum Gasteiger partial charge on any atom is 0.246 e. The maximum absolute atomic E-state index is 5.51. The van der Waals surface area contributed by atoms with Crippen molar-refractivity contribution in [1.82, 2.24) is 25.1 Å². The van der Waals surface area contributed by atoms with Gasteiger partial charge in [-0.3, -0.25) is 4.98 Å². The molecule has 28 heavy (non-hydrogen) atoms. The Labute approximate surface area is 162 Å². The van der Waals surface area contributed by atoms with Crippen molar-refractivity contribution in [2.75, 3.05) is 32.3 Å². The van der Waals surface area contributed by atoms with Crippen molar-refractivity contribution in [2.24, 2.45) is 0 Å². The van der Waals surface area contributed by atoms with Crippen LogP contribution in [0.3, 0.4) is 0 Å². The zero-order valence-electron chi connectivity index (χ0n) is 15.9. The third-order valence-corrected chi connectivity index (χ3v) is 4.57. The summed E-state index contributed by atoms with van der Waals surface area (Å²) >= 11 is 0. The second-order valence-corrected chi connectivity index (χ2v) is 6.66. The molecule has 1 atom stereocenters. The van der Waals surface area contributed by atoms with Gasteiger partial charge in [-0.15, -0.1) is 0 Å². The fourth-order valence-corrected chi connectivity index (χ4v) is 3.09. The van der Waals surface area contributed by atoms with Gasteiger partial charge in [0, 0.05) is 50.7 Å². The molecule has 4 heterocycles. The molecule has 0 radical (unpaired) electrons. The van der Waals surface area contributed by atoms with E-state index in [-0.39, 0.29) is 5.92 Å². The van der Waals surface area contributed by atoms with E-state index in [2.05, 4.69) is 25.1 Å². The predicted molar refractivity (Wildman–Crippen MR) is 101 cm³/mol. The number of pyridine rings is 1. The Morgan fingerprint density at radius 3 is 2.82 bits per heavy atom. The Kier molecular flexibility index (Phi) is 5.54. The molecule has 4 rings (SSSR count). The highest BCUT2D eigenvalue weighted by Gasteiger charge is 2.22. The molecule has 146 valence electrons. The molecule has 1 aliphatic rings. The van der Waals surface area contributed by atoms with Gasteiger partial charge in [0.1, 0.15) is 12.4 Å². The van der Waals surface area contributed by atoms with Crippen molar-refractivity contribution in [1.29, 1.82) is 0 Å². The first-order valence-electron chi connectivity index (χ1n) is 9.11. The minimum atomic E-state index is 0.285. The van der Waals surface area contributed by atoms with E-state index in [0.29, 0.717) is 37.3 Å². The molecular weight excluding hydrogens is 360 g/mol. The lowest BCUT2D eigenvalue weighted by atomic mass is 10.0. The fraction of sp³-hybridized carbons (Fsp3) is 0.421. The van der Waals surface area contributed by atoms with Crippen LogP contribution in [0.15, 0.2) is 35.1 Å². The van der Waals surface area contributed by atoms with Crippen LogP contribution in [-0.2, 0) is 22.6 Å². The molecule has 0 unspecified atom stereocenters. The smallest absolute Gasteiger partial charge is 0.246 e. The summed E-state index contributed by atoms with van der Waals surface area (Å²) in [6.45, 7) is 2.24. The molecule has 0 spiro atoms. The maximum atomic E-state index is 5.51. The van der Waals surface area contributed by atoms with Crippen LogP contribution in [0.5, 0.6) is 0 Å². The second kappa shape index (κ2) is 8.41. The molecule has 0 bridgehead atoms. The van der Waals surface area contributed by atoms with Crippen molar-refractivity contribution < 1.29 is 14.0 Å². The van der Waals surface area contributed by atoms with Crippen LogP contribution in [0.2, 0.25) is 0 Å². The number of hydrogen-bond acceptors (Lipinski definition) is 9. The summed E-state index contributed by atoms with van der Waals surface area (Å²) in [5.74, 6) is 2.76. The number of rotatable bonds is 7. The van der Waals surface area contributed by atoms with Gasteiger partial charge < -0.3 is 18.9 Å². The molecular formula is C19H22N6O3. The number of hydrogen-bond donors (Lipinski definition) is 0. The zero-order valence-corrected chi connectivity index (χ0v) is 15.9. The summed E-state index contributed by atoms with van der Waals surface area (Å²) in [7, 11) is 3.57. The van der Waals surface area contributed by atoms with Gasteiger partial charge in [-0.1, -0.05) is 5.16 Å². The quantitative estimate of drug-likeness (QED) is 0.609. The summed E-state index contributed by atoms with van der Waals surface area (Å²) in [6.07, 6.45) is 4.36. The highest BCUT2D eigenvalue weighted by molar-refractivity contribution is 5.52. The van der Waals surface area contributed by atoms with Gasteiger partial charge in [0.25, 0.3) is 0 Å². The van der Waals surface area contributed by atoms with Crippen LogP contribution in [-0.4, -0.2) is 52.5 Å². The Bertz CT molecular complexity index is 911. The minimum Gasteiger partial charge on any atom is -0.381 e. The topological polar surface area (TPSA) is 99.3 Å². The average molecular weight is 382 g/mol. The van der Waals surface area contributed by atoms with Crippen LogP contribution in [0.4, 0.5) is 5.82 Å². The molecule has 3 aromatic heterocycles. The standard InChI is InChI=1S/C19H22N6O3/c1-25(10-18-23-19(24-28-18)13-3-6-20-7-4-13)17-9-15(14-5-8-27-11-14)21-16(22-17)12-26-2/h3-4,6-7,9,14H,5,8,10-12H2,1-2H3/t14-/m1/s1. The summed E-state index contributed by atoms with van der Waals surface area (Å²) in [6, 6.07) is 5.68. The second-order valence-electron chi connectivity index (χ2n) is 6.66. The SMILES string of the molecule is COCc1nc([C@@H]2CCOC2)cc(N(C)Cc2nc(-c3ccncc3)no2)n1. The van der Waals surface area contributed by atoms with Gasteiger partial charge in [0.05, 0.1) is 18.8 Å². The van der Waals surface area contributed by atoms with Crippen LogP contribution in [0, 0.1) is 0 Å². The average Bonchev–Trinajstić information content (AvgIpc) is 3.41. The summed E-state index contributed by atoms with van der Waals surface area (Å²) in [4.78, 5) is 19.7. The van der Waals surface area contributed by atoms with Crippen molar-refractivity contribution in [2.45, 2.75) is 25.5 Å². The Balaban J connectivity index is 1.54. The number of ether oxygens (including phenoxy) is 2. The highest BCUT2D eigenvalue weighted by Crippen LogP contribution is 2.26. The van der Waals surface area contributed by atoms with Crippen molar-refractivity contribution in [3.8, 4) is 11.4 Å².